The summed E-state index contributed by atoms with van der Waals surface area (Å²) >= 11 is 0. The fourth-order valence-corrected chi connectivity index (χ4v) is 2.64. The molecule has 1 aromatic rings. The molecule has 4 heteroatoms. The van der Waals surface area contributed by atoms with Crippen LogP contribution in [0, 0.1) is 0 Å². The first kappa shape index (κ1) is 13.4. The fourth-order valence-electron chi connectivity index (χ4n) is 1.77. The van der Waals surface area contributed by atoms with Gasteiger partial charge in [-0.3, -0.25) is 4.98 Å². The van der Waals surface area contributed by atoms with Crippen LogP contribution >= 0.6 is 0 Å². The van der Waals surface area contributed by atoms with Crippen molar-refractivity contribution in [1.82, 2.24) is 4.98 Å². The SMILES string of the molecule is CCOC([SiH3])(OCC)C(C)c1ccccn1. The van der Waals surface area contributed by atoms with Crippen LogP contribution in [0.4, 0.5) is 0 Å². The van der Waals surface area contributed by atoms with E-state index in [1.54, 1.807) is 0 Å². The molecule has 0 aromatic carbocycles. The first-order valence-corrected chi connectivity index (χ1v) is 6.82. The van der Waals surface area contributed by atoms with Crippen LogP contribution < -0.4 is 0 Å². The molecule has 90 valence electrons. The normalized spacial score (nSPS) is 13.9. The van der Waals surface area contributed by atoms with E-state index in [0.29, 0.717) is 13.2 Å². The van der Waals surface area contributed by atoms with E-state index in [0.717, 1.165) is 15.9 Å². The topological polar surface area (TPSA) is 31.4 Å². The molecule has 3 nitrogen and oxygen atoms in total. The van der Waals surface area contributed by atoms with Crippen LogP contribution in [-0.4, -0.2) is 33.9 Å². The Bertz CT molecular complexity index is 299. The minimum absolute atomic E-state index is 0.167. The molecule has 0 amide bonds. The molecule has 0 saturated carbocycles. The summed E-state index contributed by atoms with van der Waals surface area (Å²) in [5.74, 6) is 0.167. The summed E-state index contributed by atoms with van der Waals surface area (Å²) in [5, 5.41) is 0. The van der Waals surface area contributed by atoms with Crippen molar-refractivity contribution >= 4 is 10.2 Å². The first-order valence-electron chi connectivity index (χ1n) is 5.82. The van der Waals surface area contributed by atoms with Crippen LogP contribution in [-0.2, 0) is 9.47 Å². The monoisotopic (exact) mass is 239 g/mol. The average molecular weight is 239 g/mol. The average Bonchev–Trinajstić information content (AvgIpc) is 2.30. The lowest BCUT2D eigenvalue weighted by Gasteiger charge is -2.35. The Morgan fingerprint density at radius 1 is 1.31 bits per heavy atom. The predicted octanol–water partition coefficient (Wildman–Crippen LogP) is 1.28. The number of rotatable bonds is 6. The van der Waals surface area contributed by atoms with Crippen molar-refractivity contribution in [3.05, 3.63) is 30.1 Å². The highest BCUT2D eigenvalue weighted by molar-refractivity contribution is 6.14. The highest BCUT2D eigenvalue weighted by atomic mass is 28.1. The number of nitrogens with zero attached hydrogens (tertiary/aromatic N) is 1. The molecule has 0 N–H and O–H groups in total. The van der Waals surface area contributed by atoms with E-state index in [9.17, 15) is 0 Å². The molecule has 1 unspecified atom stereocenters. The Hall–Kier alpha value is -0.713. The van der Waals surface area contributed by atoms with E-state index >= 15 is 0 Å². The third kappa shape index (κ3) is 3.14. The molecule has 0 spiro atoms. The number of pyridine rings is 1. The van der Waals surface area contributed by atoms with Crippen molar-refractivity contribution in [2.75, 3.05) is 13.2 Å². The van der Waals surface area contributed by atoms with Gasteiger partial charge in [0.1, 0.15) is 5.41 Å². The van der Waals surface area contributed by atoms with Gasteiger partial charge in [0, 0.05) is 31.0 Å². The summed E-state index contributed by atoms with van der Waals surface area (Å²) in [7, 11) is 0.822. The van der Waals surface area contributed by atoms with Gasteiger partial charge in [-0.15, -0.1) is 0 Å². The summed E-state index contributed by atoms with van der Waals surface area (Å²) in [6, 6.07) is 5.94. The third-order valence-corrected chi connectivity index (χ3v) is 4.22. The Morgan fingerprint density at radius 2 is 1.94 bits per heavy atom. The van der Waals surface area contributed by atoms with Gasteiger partial charge in [0.15, 0.2) is 0 Å². The van der Waals surface area contributed by atoms with Crippen molar-refractivity contribution in [3.8, 4) is 0 Å². The zero-order chi connectivity index (χ0) is 12.0. The Morgan fingerprint density at radius 3 is 2.38 bits per heavy atom. The minimum Gasteiger partial charge on any atom is -0.354 e. The van der Waals surface area contributed by atoms with E-state index in [2.05, 4.69) is 11.9 Å². The van der Waals surface area contributed by atoms with Crippen molar-refractivity contribution in [2.24, 2.45) is 0 Å². The molecule has 0 aliphatic rings. The van der Waals surface area contributed by atoms with Gasteiger partial charge in [0.25, 0.3) is 0 Å². The summed E-state index contributed by atoms with van der Waals surface area (Å²) in [5.41, 5.74) is 0.567. The van der Waals surface area contributed by atoms with Gasteiger partial charge in [-0.2, -0.15) is 0 Å². The maximum absolute atomic E-state index is 5.79. The quantitative estimate of drug-likeness (QED) is 0.553. The van der Waals surface area contributed by atoms with Gasteiger partial charge in [-0.25, -0.2) is 0 Å². The Labute approximate surface area is 101 Å². The number of ether oxygens (including phenoxy) is 2. The number of hydrogen-bond acceptors (Lipinski definition) is 3. The summed E-state index contributed by atoms with van der Waals surface area (Å²) in [6.07, 6.45) is 1.81. The maximum atomic E-state index is 5.79. The predicted molar refractivity (Wildman–Crippen MR) is 68.6 cm³/mol. The molecule has 1 atom stereocenters. The molecule has 0 aliphatic heterocycles. The molecule has 1 rings (SSSR count). The van der Waals surface area contributed by atoms with E-state index in [4.69, 9.17) is 9.47 Å². The van der Waals surface area contributed by atoms with Crippen LogP contribution in [0.25, 0.3) is 0 Å². The highest BCUT2D eigenvalue weighted by Crippen LogP contribution is 2.28. The molecule has 1 heterocycles. The van der Waals surface area contributed by atoms with Crippen LogP contribution in [0.5, 0.6) is 0 Å². The second-order valence-corrected chi connectivity index (χ2v) is 5.25. The molecule has 0 aliphatic carbocycles. The maximum Gasteiger partial charge on any atom is 0.149 e. The van der Waals surface area contributed by atoms with E-state index < -0.39 is 5.41 Å². The Kier molecular flexibility index (Phi) is 5.11. The molecule has 0 radical (unpaired) electrons. The molecule has 0 fully saturated rings. The summed E-state index contributed by atoms with van der Waals surface area (Å²) < 4.78 is 11.6. The zero-order valence-corrected chi connectivity index (χ0v) is 12.6. The van der Waals surface area contributed by atoms with Crippen molar-refractivity contribution in [2.45, 2.75) is 32.1 Å². The molecule has 1 aromatic heterocycles. The summed E-state index contributed by atoms with van der Waals surface area (Å²) in [6.45, 7) is 7.44. The van der Waals surface area contributed by atoms with E-state index in [-0.39, 0.29) is 5.92 Å². The third-order valence-electron chi connectivity index (χ3n) is 2.78. The summed E-state index contributed by atoms with van der Waals surface area (Å²) in [4.78, 5) is 4.37. The lowest BCUT2D eigenvalue weighted by molar-refractivity contribution is -0.185. The van der Waals surface area contributed by atoms with Crippen LogP contribution in [0.15, 0.2) is 24.4 Å². The van der Waals surface area contributed by atoms with Crippen LogP contribution in [0.3, 0.4) is 0 Å². The van der Waals surface area contributed by atoms with Gasteiger partial charge in [-0.1, -0.05) is 13.0 Å². The van der Waals surface area contributed by atoms with Gasteiger partial charge in [0.2, 0.25) is 0 Å². The van der Waals surface area contributed by atoms with Crippen molar-refractivity contribution < 1.29 is 9.47 Å². The second kappa shape index (κ2) is 6.13. The van der Waals surface area contributed by atoms with Gasteiger partial charge in [-0.05, 0) is 26.0 Å². The molecule has 16 heavy (non-hydrogen) atoms. The zero-order valence-electron chi connectivity index (χ0n) is 10.6. The minimum atomic E-state index is -0.460. The molecular weight excluding hydrogens is 218 g/mol. The van der Waals surface area contributed by atoms with Crippen LogP contribution in [0.1, 0.15) is 32.4 Å². The lowest BCUT2D eigenvalue weighted by atomic mass is 10.1. The number of hydrogen-bond donors (Lipinski definition) is 0. The van der Waals surface area contributed by atoms with Gasteiger partial charge >= 0.3 is 0 Å². The molecule has 0 bridgehead atoms. The van der Waals surface area contributed by atoms with Gasteiger partial charge < -0.3 is 9.47 Å². The molecule has 0 saturated heterocycles. The smallest absolute Gasteiger partial charge is 0.149 e. The molecular formula is C12H21NO2Si. The fraction of sp³-hybridized carbons (Fsp3) is 0.583. The van der Waals surface area contributed by atoms with Crippen LogP contribution in [0.2, 0.25) is 0 Å². The number of aromatic nitrogens is 1. The van der Waals surface area contributed by atoms with Crippen molar-refractivity contribution in [1.29, 1.82) is 0 Å². The Balaban J connectivity index is 2.86. The van der Waals surface area contributed by atoms with Crippen molar-refractivity contribution in [3.63, 3.8) is 0 Å². The second-order valence-electron chi connectivity index (χ2n) is 3.86. The largest absolute Gasteiger partial charge is 0.354 e. The van der Waals surface area contributed by atoms with E-state index in [1.165, 1.54) is 0 Å². The van der Waals surface area contributed by atoms with Gasteiger partial charge in [0.05, 0.1) is 10.2 Å². The highest BCUT2D eigenvalue weighted by Gasteiger charge is 2.33. The lowest BCUT2D eigenvalue weighted by Crippen LogP contribution is -2.42. The van der Waals surface area contributed by atoms with E-state index in [1.807, 2.05) is 38.2 Å². The standard InChI is InChI=1S/C12H21NO2Si/c1-4-14-12(16,15-5-2)10(3)11-8-6-7-9-13-11/h6-10H,4-5H2,1-3,16H3. The first-order chi connectivity index (χ1) is 7.64.